The van der Waals surface area contributed by atoms with Crippen molar-refractivity contribution >= 4 is 94.7 Å². The van der Waals surface area contributed by atoms with Gasteiger partial charge in [-0.1, -0.05) is 97.4 Å². The number of nitrogens with one attached hydrogen (secondary N) is 7. The summed E-state index contributed by atoms with van der Waals surface area (Å²) in [6.45, 7) is 9.70. The number of hydrogen-bond donors (Lipinski definition) is 13. The number of fused-ring (bicyclic) bond motifs is 1. The summed E-state index contributed by atoms with van der Waals surface area (Å²) in [5.41, 5.74) is 5.69. The predicted molar refractivity (Wildman–Crippen MR) is 484 cm³/mol. The van der Waals surface area contributed by atoms with Gasteiger partial charge in [-0.15, -0.1) is 0 Å². The van der Waals surface area contributed by atoms with Crippen LogP contribution in [0.15, 0.2) is 127 Å². The molecule has 4 heterocycles. The summed E-state index contributed by atoms with van der Waals surface area (Å²) in [5, 5.41) is 97.7. The fourth-order valence-corrected chi connectivity index (χ4v) is 17.8. The first-order chi connectivity index (χ1) is 62.2. The Balaban J connectivity index is 0.000000543. The van der Waals surface area contributed by atoms with Crippen molar-refractivity contribution < 1.29 is 196 Å². The Morgan fingerprint density at radius 1 is 0.538 bits per heavy atom. The molecule has 5 aromatic carbocycles. The van der Waals surface area contributed by atoms with Gasteiger partial charge in [0, 0.05) is 112 Å². The van der Waals surface area contributed by atoms with Gasteiger partial charge in [-0.2, -0.15) is 35.3 Å². The second-order valence-corrected chi connectivity index (χ2v) is 35.3. The smallest absolute Gasteiger partial charge is 0.870 e. The van der Waals surface area contributed by atoms with Crippen LogP contribution >= 0.6 is 35.3 Å². The van der Waals surface area contributed by atoms with Gasteiger partial charge in [0.2, 0.25) is 17.6 Å². The van der Waals surface area contributed by atoms with Crippen molar-refractivity contribution in [1.82, 2.24) is 37.2 Å². The molecule has 4 fully saturated rings. The molecule has 4 saturated heterocycles. The number of benzene rings is 5. The van der Waals surface area contributed by atoms with Gasteiger partial charge in [0.15, 0.2) is 0 Å². The zero-order valence-corrected chi connectivity index (χ0v) is 82.3. The molecular formula is C92H126N7Na2O28S3-. The van der Waals surface area contributed by atoms with Crippen LogP contribution in [-0.2, 0) is 71.4 Å². The van der Waals surface area contributed by atoms with E-state index in [9.17, 15) is 83.7 Å². The fourth-order valence-electron chi connectivity index (χ4n) is 14.6. The second-order valence-electron chi connectivity index (χ2n) is 31.6. The zero-order chi connectivity index (χ0) is 92.9. The van der Waals surface area contributed by atoms with Crippen molar-refractivity contribution in [3.8, 4) is 28.0 Å². The number of aliphatic carboxylic acids is 1. The quantitative estimate of drug-likeness (QED) is 0.00860. The first kappa shape index (κ1) is 116. The molecular weight excluding hydrogens is 1790 g/mol. The van der Waals surface area contributed by atoms with Crippen molar-refractivity contribution in [3.05, 3.63) is 150 Å². The molecule has 5 aromatic rings. The Morgan fingerprint density at radius 3 is 1.52 bits per heavy atom. The number of unbranched alkanes of at least 4 members (excludes halogenated alkanes) is 1. The number of carbonyl (C=O) groups excluding carboxylic acids is 10. The molecule has 0 radical (unpaired) electrons. The van der Waals surface area contributed by atoms with Crippen LogP contribution in [0, 0.1) is 6.92 Å². The number of hydrogen-bond acceptors (Lipinski definition) is 31. The number of aryl methyl sites for hydroxylation is 1. The van der Waals surface area contributed by atoms with Crippen molar-refractivity contribution in [2.24, 2.45) is 0 Å². The number of thioether (sulfide) groups is 3. The molecule has 132 heavy (non-hydrogen) atoms. The molecule has 0 bridgehead atoms. The number of aliphatic hydroxyl groups is 6. The summed E-state index contributed by atoms with van der Waals surface area (Å²) in [5.74, 6) is -4.45. The monoisotopic (exact) mass is 1920 g/mol. The normalized spacial score (nSPS) is 21.5. The van der Waals surface area contributed by atoms with Crippen molar-refractivity contribution in [2.45, 2.75) is 195 Å². The van der Waals surface area contributed by atoms with Crippen molar-refractivity contribution in [3.63, 3.8) is 0 Å². The van der Waals surface area contributed by atoms with Gasteiger partial charge in [-0.3, -0.25) is 28.8 Å². The third-order valence-corrected chi connectivity index (χ3v) is 25.2. The minimum Gasteiger partial charge on any atom is -0.870 e. The summed E-state index contributed by atoms with van der Waals surface area (Å²) < 4.78 is 56.9. The van der Waals surface area contributed by atoms with E-state index in [4.69, 9.17) is 47.4 Å². The minimum absolute atomic E-state index is 0. The Morgan fingerprint density at radius 2 is 1.00 bits per heavy atom. The maximum absolute atomic E-state index is 13.0. The molecule has 4 aliphatic rings. The van der Waals surface area contributed by atoms with E-state index >= 15 is 0 Å². The Kier molecular flexibility index (Phi) is 55.3. The molecule has 0 saturated carbocycles. The molecule has 35 nitrogen and oxygen atoms in total. The van der Waals surface area contributed by atoms with Crippen LogP contribution in [0.5, 0.6) is 5.75 Å². The Hall–Kier alpha value is -6.59. The number of rotatable bonds is 59. The van der Waals surface area contributed by atoms with E-state index in [1.807, 2.05) is 85.4 Å². The van der Waals surface area contributed by atoms with Gasteiger partial charge in [0.1, 0.15) is 54.3 Å². The summed E-state index contributed by atoms with van der Waals surface area (Å²) in [6.07, 6.45) is -5.71. The van der Waals surface area contributed by atoms with Crippen LogP contribution in [0.1, 0.15) is 134 Å². The molecule has 4 aliphatic heterocycles. The fraction of sp³-hybridized carbons (Fsp3) is 0.565. The first-order valence-corrected chi connectivity index (χ1v) is 47.0. The number of ether oxygens (including phenoxy) is 10. The molecule has 0 aliphatic carbocycles. The largest absolute Gasteiger partial charge is 1.00 e. The van der Waals surface area contributed by atoms with Crippen molar-refractivity contribution in [2.75, 3.05) is 134 Å². The number of Topliss-reactive ketones (excluding diaryl/α,β-unsaturated/α-hetero) is 2. The topological polar surface area (TPSA) is 522 Å². The summed E-state index contributed by atoms with van der Waals surface area (Å²) in [4.78, 5) is 122. The molecule has 0 aromatic heterocycles. The summed E-state index contributed by atoms with van der Waals surface area (Å²) in [6, 6.07) is 35.9. The number of carboxylic acids is 1. The van der Waals surface area contributed by atoms with Crippen LogP contribution in [-0.4, -0.2) is 320 Å². The van der Waals surface area contributed by atoms with E-state index in [-0.39, 0.29) is 120 Å². The molecule has 9 rings (SSSR count). The molecule has 7 amide bonds. The maximum atomic E-state index is 13.0. The molecule has 15 atom stereocenters. The number of aliphatic hydroxyl groups excluding tert-OH is 6. The van der Waals surface area contributed by atoms with Gasteiger partial charge in [-0.05, 0) is 134 Å². The van der Waals surface area contributed by atoms with E-state index < -0.39 is 128 Å². The van der Waals surface area contributed by atoms with Crippen LogP contribution in [0.3, 0.4) is 0 Å². The summed E-state index contributed by atoms with van der Waals surface area (Å²) >= 11 is 5.01. The number of ketones is 2. The molecule has 0 spiro atoms. The SMILES string of the molecule is CC(=O)CCCSCCCOC1(C(=O)[O-])CC(O)C(NC(C)=O)C([C@@H](O)C(O)CNC(=O)c2ccc(-c3ccccc3)cc2)O1.CC(=O)NC1C(O)CC([C-]=O)(OCCCSCCNC(=O)c2ccc(C)c(OCCOCCOCCOCCOCCOCCCC(=O)CCCCC3SCC4NC(=O)NC43)c2)OC1[C@H](O)[C@@H](O)CNC(=O)c1ccc(-c2ccccc2)cc1.[Na+].[Na+].[OH-]. The van der Waals surface area contributed by atoms with Gasteiger partial charge >= 0.3 is 65.1 Å². The Labute approximate surface area is 827 Å². The first-order valence-electron chi connectivity index (χ1n) is 43.7. The molecule has 14 N–H and O–H groups in total. The van der Waals surface area contributed by atoms with Crippen LogP contribution < -0.4 is 106 Å². The van der Waals surface area contributed by atoms with E-state index in [1.54, 1.807) is 78.7 Å². The standard InChI is InChI=1S/C60H84N5O17S2.C32H42N2O10S.2Na.H2O/c1-41-15-16-46(36-51(41)80-33-32-79-31-30-78-29-28-77-27-26-76-25-24-75-22-8-13-47(68)12-6-7-14-52-53-48(39-84-52)64-59(74)65-53)58(73)61-21-35-83-34-9-23-81-60(40-66)37-49(69)54(63-42(2)67)56(82-60)55(71)50(70)38-62-57(72)45-19-17-44(18-20-45)43-10-4-3-5-11-43;1-20(35)8-6-16-45-17-7-15-43-32(31(41)42)18-25(37)27(34-21(2)36)29(44-32)28(39)26(38)19-33-30(40)24-13-11-23(12-14-24)22-9-4-3-5-10-22;;;/h3-5,10-11,15-20,36,48-50,52-56,69-71H,6-9,12-14,21-35,37-39H2,1-2H3,(H,61,73)(H,62,72)(H,63,67)(H2,64,65,74);3-5,9-14,25-29,37-39H,6-8,15-19H2,1-2H3,(H,33,40)(H,34,36)(H,41,42);;;1H2/q-1;;2*+1;/p-2/t48?,49?,50-,52?,53?,54?,55+,56?,60?;25?,26?,27?,28-,29?,32?;;;/m00.../s1. The number of amides is 7. The molecule has 718 valence electrons. The van der Waals surface area contributed by atoms with E-state index in [0.29, 0.717) is 156 Å². The molecule has 12 unspecified atom stereocenters. The van der Waals surface area contributed by atoms with Crippen LogP contribution in [0.4, 0.5) is 4.79 Å². The zero-order valence-electron chi connectivity index (χ0n) is 75.9. The van der Waals surface area contributed by atoms with Gasteiger partial charge in [-0.25, -0.2) is 11.1 Å². The summed E-state index contributed by atoms with van der Waals surface area (Å²) in [7, 11) is 0. The average Bonchev–Trinajstić information content (AvgIpc) is 1.11. The van der Waals surface area contributed by atoms with E-state index in [0.717, 1.165) is 65.0 Å². The maximum Gasteiger partial charge on any atom is 1.00 e. The van der Waals surface area contributed by atoms with Gasteiger partial charge in [0.05, 0.1) is 120 Å². The predicted octanol–water partition coefficient (Wildman–Crippen LogP) is -2.07. The Bertz CT molecular complexity index is 4290. The third-order valence-electron chi connectivity index (χ3n) is 21.5. The number of carbonyl (C=O) groups is 9. The van der Waals surface area contributed by atoms with E-state index in [1.165, 1.54) is 32.5 Å². The third kappa shape index (κ3) is 39.9. The number of urea groups is 1. The van der Waals surface area contributed by atoms with Gasteiger partial charge < -0.3 is 140 Å². The minimum atomic E-state index is -2.47. The number of carboxylic acid groups (broad SMARTS) is 1. The average molecular weight is 1920 g/mol. The van der Waals surface area contributed by atoms with Gasteiger partial charge in [0.25, 0.3) is 17.7 Å². The van der Waals surface area contributed by atoms with E-state index in [2.05, 4.69) is 37.2 Å². The second kappa shape index (κ2) is 63.0. The molecule has 40 heteroatoms. The van der Waals surface area contributed by atoms with Crippen molar-refractivity contribution in [1.29, 1.82) is 0 Å². The van der Waals surface area contributed by atoms with Crippen LogP contribution in [0.2, 0.25) is 0 Å². The van der Waals surface area contributed by atoms with Crippen LogP contribution in [0.25, 0.3) is 22.3 Å².